The van der Waals surface area contributed by atoms with Crippen molar-refractivity contribution in [1.29, 1.82) is 0 Å². The van der Waals surface area contributed by atoms with Gasteiger partial charge in [-0.2, -0.15) is 0 Å². The molecular weight excluding hydrogens is 234 g/mol. The van der Waals surface area contributed by atoms with Crippen LogP contribution in [0.15, 0.2) is 34.9 Å². The second kappa shape index (κ2) is 5.35. The fraction of sp³-hybridized carbons (Fsp3) is 0.231. The maximum Gasteiger partial charge on any atom is 0.303 e. The van der Waals surface area contributed by atoms with Crippen molar-refractivity contribution in [2.75, 3.05) is 7.11 Å². The van der Waals surface area contributed by atoms with Crippen molar-refractivity contribution in [1.82, 2.24) is 4.98 Å². The number of oxazole rings is 1. The summed E-state index contributed by atoms with van der Waals surface area (Å²) in [5.74, 6) is 0.401. The lowest BCUT2D eigenvalue weighted by Crippen LogP contribution is -1.97. The summed E-state index contributed by atoms with van der Waals surface area (Å²) in [5, 5.41) is 8.58. The van der Waals surface area contributed by atoms with E-state index in [-0.39, 0.29) is 6.42 Å². The van der Waals surface area contributed by atoms with Gasteiger partial charge in [-0.3, -0.25) is 4.79 Å². The minimum absolute atomic E-state index is 0.0502. The smallest absolute Gasteiger partial charge is 0.303 e. The molecule has 0 fully saturated rings. The Kier molecular flexibility index (Phi) is 3.62. The van der Waals surface area contributed by atoms with Gasteiger partial charge in [-0.15, -0.1) is 0 Å². The van der Waals surface area contributed by atoms with Crippen LogP contribution in [0, 0.1) is 0 Å². The number of nitrogens with zero attached hydrogens (tertiary/aromatic N) is 1. The molecule has 0 bridgehead atoms. The second-order valence-corrected chi connectivity index (χ2v) is 3.77. The molecule has 5 heteroatoms. The van der Waals surface area contributed by atoms with Crippen LogP contribution in [0.1, 0.15) is 12.1 Å². The van der Waals surface area contributed by atoms with E-state index in [1.54, 1.807) is 7.11 Å². The summed E-state index contributed by atoms with van der Waals surface area (Å²) in [6.07, 6.45) is 1.91. The van der Waals surface area contributed by atoms with Crippen LogP contribution < -0.4 is 4.74 Å². The van der Waals surface area contributed by atoms with Crippen molar-refractivity contribution in [3.8, 4) is 17.2 Å². The van der Waals surface area contributed by atoms with Gasteiger partial charge in [0.25, 0.3) is 0 Å². The van der Waals surface area contributed by atoms with Crippen LogP contribution in [0.25, 0.3) is 11.5 Å². The number of aromatic nitrogens is 1. The molecule has 1 aromatic carbocycles. The first-order valence-corrected chi connectivity index (χ1v) is 5.49. The van der Waals surface area contributed by atoms with E-state index < -0.39 is 5.97 Å². The summed E-state index contributed by atoms with van der Waals surface area (Å²) in [4.78, 5) is 14.7. The predicted octanol–water partition coefficient (Wildman–Crippen LogP) is 2.37. The molecule has 94 valence electrons. The third-order valence-electron chi connectivity index (χ3n) is 2.48. The summed E-state index contributed by atoms with van der Waals surface area (Å²) in [7, 11) is 1.60. The third-order valence-corrected chi connectivity index (χ3v) is 2.48. The first-order valence-electron chi connectivity index (χ1n) is 5.49. The molecular formula is C13H13NO4. The Morgan fingerprint density at radius 3 is 2.72 bits per heavy atom. The van der Waals surface area contributed by atoms with Gasteiger partial charge in [-0.1, -0.05) is 0 Å². The van der Waals surface area contributed by atoms with E-state index in [1.807, 2.05) is 24.3 Å². The number of hydrogen-bond acceptors (Lipinski definition) is 4. The summed E-state index contributed by atoms with van der Waals surface area (Å²) >= 11 is 0. The lowest BCUT2D eigenvalue weighted by atomic mass is 10.2. The molecule has 1 aromatic heterocycles. The van der Waals surface area contributed by atoms with Gasteiger partial charge in [0.1, 0.15) is 12.0 Å². The number of methoxy groups -OCH3 is 1. The van der Waals surface area contributed by atoms with Gasteiger partial charge in [-0.05, 0) is 24.3 Å². The maximum absolute atomic E-state index is 10.4. The third kappa shape index (κ3) is 2.88. The minimum Gasteiger partial charge on any atom is -0.497 e. The van der Waals surface area contributed by atoms with E-state index in [4.69, 9.17) is 14.3 Å². The normalized spacial score (nSPS) is 10.3. The molecule has 18 heavy (non-hydrogen) atoms. The van der Waals surface area contributed by atoms with E-state index >= 15 is 0 Å². The fourth-order valence-electron chi connectivity index (χ4n) is 1.52. The Hall–Kier alpha value is -2.30. The molecule has 2 rings (SSSR count). The zero-order valence-electron chi connectivity index (χ0n) is 9.92. The molecule has 0 aliphatic heterocycles. The Balaban J connectivity index is 2.10. The number of aliphatic carboxylic acids is 1. The Labute approximate surface area is 104 Å². The van der Waals surface area contributed by atoms with Crippen LogP contribution in [0.5, 0.6) is 5.75 Å². The Morgan fingerprint density at radius 1 is 1.39 bits per heavy atom. The summed E-state index contributed by atoms with van der Waals surface area (Å²) < 4.78 is 10.4. The highest BCUT2D eigenvalue weighted by molar-refractivity contribution is 5.67. The number of hydrogen-bond donors (Lipinski definition) is 1. The van der Waals surface area contributed by atoms with Gasteiger partial charge >= 0.3 is 5.97 Å². The van der Waals surface area contributed by atoms with Gasteiger partial charge in [0.2, 0.25) is 5.89 Å². The SMILES string of the molecule is COc1ccc(-c2nc(CCC(=O)O)co2)cc1. The molecule has 0 radical (unpaired) electrons. The van der Waals surface area contributed by atoms with Crippen molar-refractivity contribution in [2.24, 2.45) is 0 Å². The number of ether oxygens (including phenoxy) is 1. The van der Waals surface area contributed by atoms with Crippen LogP contribution in [0.2, 0.25) is 0 Å². The van der Waals surface area contributed by atoms with Crippen LogP contribution in [-0.4, -0.2) is 23.2 Å². The molecule has 1 heterocycles. The molecule has 0 saturated carbocycles. The number of benzene rings is 1. The molecule has 0 atom stereocenters. The van der Waals surface area contributed by atoms with E-state index in [0.717, 1.165) is 11.3 Å². The summed E-state index contributed by atoms with van der Waals surface area (Å²) in [6, 6.07) is 7.31. The number of carboxylic acids is 1. The molecule has 0 aliphatic rings. The van der Waals surface area contributed by atoms with Crippen LogP contribution in [0.3, 0.4) is 0 Å². The largest absolute Gasteiger partial charge is 0.497 e. The van der Waals surface area contributed by atoms with E-state index in [2.05, 4.69) is 4.98 Å². The van der Waals surface area contributed by atoms with Crippen molar-refractivity contribution >= 4 is 5.97 Å². The Morgan fingerprint density at radius 2 is 2.11 bits per heavy atom. The van der Waals surface area contributed by atoms with Crippen LogP contribution >= 0.6 is 0 Å². The predicted molar refractivity (Wildman–Crippen MR) is 64.4 cm³/mol. The summed E-state index contributed by atoms with van der Waals surface area (Å²) in [5.41, 5.74) is 1.47. The monoisotopic (exact) mass is 247 g/mol. The maximum atomic E-state index is 10.4. The quantitative estimate of drug-likeness (QED) is 0.878. The molecule has 0 amide bonds. The van der Waals surface area contributed by atoms with Crippen LogP contribution in [-0.2, 0) is 11.2 Å². The van der Waals surface area contributed by atoms with Crippen molar-refractivity contribution in [2.45, 2.75) is 12.8 Å². The van der Waals surface area contributed by atoms with E-state index in [0.29, 0.717) is 18.0 Å². The molecule has 2 aromatic rings. The average molecular weight is 247 g/mol. The lowest BCUT2D eigenvalue weighted by Gasteiger charge is -1.99. The second-order valence-electron chi connectivity index (χ2n) is 3.77. The highest BCUT2D eigenvalue weighted by Crippen LogP contribution is 2.22. The number of carboxylic acid groups (broad SMARTS) is 1. The number of carbonyl (C=O) groups is 1. The Bertz CT molecular complexity index is 530. The molecule has 0 unspecified atom stereocenters. The van der Waals surface area contributed by atoms with Gasteiger partial charge in [-0.25, -0.2) is 4.98 Å². The lowest BCUT2D eigenvalue weighted by molar-refractivity contribution is -0.136. The van der Waals surface area contributed by atoms with Crippen molar-refractivity contribution in [3.05, 3.63) is 36.2 Å². The topological polar surface area (TPSA) is 72.6 Å². The highest BCUT2D eigenvalue weighted by atomic mass is 16.5. The molecule has 0 spiro atoms. The van der Waals surface area contributed by atoms with E-state index in [9.17, 15) is 4.79 Å². The molecule has 1 N–H and O–H groups in total. The van der Waals surface area contributed by atoms with Gasteiger partial charge in [0, 0.05) is 12.0 Å². The van der Waals surface area contributed by atoms with Crippen LogP contribution in [0.4, 0.5) is 0 Å². The van der Waals surface area contributed by atoms with Gasteiger partial charge in [0.15, 0.2) is 0 Å². The number of rotatable bonds is 5. The zero-order valence-corrected chi connectivity index (χ0v) is 9.92. The van der Waals surface area contributed by atoms with E-state index in [1.165, 1.54) is 6.26 Å². The molecule has 5 nitrogen and oxygen atoms in total. The highest BCUT2D eigenvalue weighted by Gasteiger charge is 2.08. The van der Waals surface area contributed by atoms with Gasteiger partial charge < -0.3 is 14.3 Å². The zero-order chi connectivity index (χ0) is 13.0. The molecule has 0 saturated heterocycles. The standard InChI is InChI=1S/C13H13NO4/c1-17-11-5-2-9(3-6-11)13-14-10(8-18-13)4-7-12(15)16/h2-3,5-6,8H,4,7H2,1H3,(H,15,16). The fourth-order valence-corrected chi connectivity index (χ4v) is 1.52. The average Bonchev–Trinajstić information content (AvgIpc) is 2.85. The molecule has 0 aliphatic carbocycles. The first kappa shape index (κ1) is 12.2. The first-order chi connectivity index (χ1) is 8.69. The van der Waals surface area contributed by atoms with Gasteiger partial charge in [0.05, 0.1) is 19.2 Å². The van der Waals surface area contributed by atoms with Crippen molar-refractivity contribution in [3.63, 3.8) is 0 Å². The minimum atomic E-state index is -0.844. The summed E-state index contributed by atoms with van der Waals surface area (Å²) in [6.45, 7) is 0. The number of aryl methyl sites for hydroxylation is 1. The van der Waals surface area contributed by atoms with Crippen molar-refractivity contribution < 1.29 is 19.1 Å².